The third-order valence-electron chi connectivity index (χ3n) is 6.76. The summed E-state index contributed by atoms with van der Waals surface area (Å²) in [4.78, 5) is 19.8. The predicted molar refractivity (Wildman–Crippen MR) is 128 cm³/mol. The van der Waals surface area contributed by atoms with E-state index in [9.17, 15) is 13.6 Å². The molecule has 33 heavy (non-hydrogen) atoms. The van der Waals surface area contributed by atoms with Crippen molar-refractivity contribution in [2.75, 3.05) is 10.7 Å². The van der Waals surface area contributed by atoms with Gasteiger partial charge in [0.1, 0.15) is 11.6 Å². The molecular formula is C26H27F2N3OS. The van der Waals surface area contributed by atoms with Crippen molar-refractivity contribution in [2.45, 2.75) is 62.7 Å². The lowest BCUT2D eigenvalue weighted by Crippen LogP contribution is -2.43. The molecule has 2 aromatic carbocycles. The first-order chi connectivity index (χ1) is 16.0. The van der Waals surface area contributed by atoms with Crippen molar-refractivity contribution in [3.05, 3.63) is 65.9 Å². The fourth-order valence-electron chi connectivity index (χ4n) is 5.10. The fraction of sp³-hybridized carbons (Fsp3) is 0.385. The quantitative estimate of drug-likeness (QED) is 0.407. The second kappa shape index (κ2) is 9.29. The topological polar surface area (TPSA) is 38.1 Å². The summed E-state index contributed by atoms with van der Waals surface area (Å²) in [5, 5.41) is 0.818. The second-order valence-corrected chi connectivity index (χ2v) is 9.90. The Morgan fingerprint density at radius 1 is 1.06 bits per heavy atom. The minimum Gasteiger partial charge on any atom is -0.316 e. The summed E-state index contributed by atoms with van der Waals surface area (Å²) in [5.74, 6) is -0.267. The largest absolute Gasteiger partial charge is 0.316 e. The van der Waals surface area contributed by atoms with Crippen LogP contribution in [-0.4, -0.2) is 27.3 Å². The van der Waals surface area contributed by atoms with Gasteiger partial charge in [-0.25, -0.2) is 13.8 Å². The van der Waals surface area contributed by atoms with Crippen molar-refractivity contribution in [1.82, 2.24) is 9.55 Å². The first-order valence-electron chi connectivity index (χ1n) is 11.6. The highest BCUT2D eigenvalue weighted by Gasteiger charge is 2.30. The molecule has 1 amide bonds. The van der Waals surface area contributed by atoms with E-state index in [-0.39, 0.29) is 29.3 Å². The van der Waals surface area contributed by atoms with Crippen molar-refractivity contribution in [2.24, 2.45) is 0 Å². The zero-order chi connectivity index (χ0) is 22.9. The van der Waals surface area contributed by atoms with E-state index in [1.165, 1.54) is 48.9 Å². The number of thioether (sulfide) groups is 1. The highest BCUT2D eigenvalue weighted by molar-refractivity contribution is 7.99. The van der Waals surface area contributed by atoms with E-state index in [2.05, 4.69) is 9.55 Å². The van der Waals surface area contributed by atoms with E-state index in [0.717, 1.165) is 53.3 Å². The van der Waals surface area contributed by atoms with Crippen LogP contribution in [0, 0.1) is 11.6 Å². The van der Waals surface area contributed by atoms with Crippen LogP contribution in [0.3, 0.4) is 0 Å². The standard InChI is InChI=1S/C26H27F2N3OS/c1-17-6-7-19-14-21(28)12-13-23(19)30(17)25(32)16-33-26-29-15-24(18-8-10-20(27)11-9-18)31(26)22-4-2-3-5-22/h8-15,17,22H,2-7,16H2,1H3/t17-/m1/s1. The van der Waals surface area contributed by atoms with Crippen LogP contribution in [0.4, 0.5) is 14.5 Å². The number of hydrogen-bond donors (Lipinski definition) is 0. The number of rotatable bonds is 5. The summed E-state index contributed by atoms with van der Waals surface area (Å²) in [7, 11) is 0. The average molecular weight is 468 g/mol. The number of carbonyl (C=O) groups excluding carboxylic acids is 1. The summed E-state index contributed by atoms with van der Waals surface area (Å²) >= 11 is 1.45. The van der Waals surface area contributed by atoms with Gasteiger partial charge in [-0.3, -0.25) is 4.79 Å². The molecule has 172 valence electrons. The number of aryl methyl sites for hydroxylation is 1. The normalized spacial score (nSPS) is 18.5. The van der Waals surface area contributed by atoms with Gasteiger partial charge in [0.25, 0.3) is 0 Å². The zero-order valence-electron chi connectivity index (χ0n) is 18.6. The van der Waals surface area contributed by atoms with Crippen LogP contribution in [0.5, 0.6) is 0 Å². The van der Waals surface area contributed by atoms with Crippen molar-refractivity contribution in [3.8, 4) is 11.3 Å². The maximum absolute atomic E-state index is 13.7. The number of fused-ring (bicyclic) bond motifs is 1. The Bertz CT molecular complexity index is 1150. The highest BCUT2D eigenvalue weighted by atomic mass is 32.2. The van der Waals surface area contributed by atoms with Gasteiger partial charge in [-0.2, -0.15) is 0 Å². The first-order valence-corrected chi connectivity index (χ1v) is 12.6. The molecule has 1 saturated carbocycles. The Morgan fingerprint density at radius 3 is 2.55 bits per heavy atom. The minimum atomic E-state index is -0.267. The Hall–Kier alpha value is -2.67. The Kier molecular flexibility index (Phi) is 6.23. The number of imidazole rings is 1. The predicted octanol–water partition coefficient (Wildman–Crippen LogP) is 6.40. The SMILES string of the molecule is C[C@@H]1CCc2cc(F)ccc2N1C(=O)CSc1ncc(-c2ccc(F)cc2)n1C1CCCC1. The number of nitrogens with zero attached hydrogens (tertiary/aromatic N) is 3. The van der Waals surface area contributed by atoms with E-state index in [4.69, 9.17) is 0 Å². The van der Waals surface area contributed by atoms with Crippen molar-refractivity contribution in [3.63, 3.8) is 0 Å². The smallest absolute Gasteiger partial charge is 0.237 e. The highest BCUT2D eigenvalue weighted by Crippen LogP contribution is 2.38. The van der Waals surface area contributed by atoms with Gasteiger partial charge in [0, 0.05) is 17.8 Å². The van der Waals surface area contributed by atoms with Crippen molar-refractivity contribution in [1.29, 1.82) is 0 Å². The molecule has 5 rings (SSSR count). The van der Waals surface area contributed by atoms with Gasteiger partial charge >= 0.3 is 0 Å². The van der Waals surface area contributed by atoms with E-state index in [1.807, 2.05) is 18.0 Å². The zero-order valence-corrected chi connectivity index (χ0v) is 19.5. The van der Waals surface area contributed by atoms with Gasteiger partial charge in [0.15, 0.2) is 5.16 Å². The van der Waals surface area contributed by atoms with Gasteiger partial charge in [0.2, 0.25) is 5.91 Å². The maximum atomic E-state index is 13.7. The molecule has 0 bridgehead atoms. The molecule has 0 unspecified atom stereocenters. The van der Waals surface area contributed by atoms with Crippen LogP contribution < -0.4 is 4.90 Å². The number of hydrogen-bond acceptors (Lipinski definition) is 3. The molecule has 3 aromatic rings. The minimum absolute atomic E-state index is 0.00404. The van der Waals surface area contributed by atoms with E-state index >= 15 is 0 Å². The summed E-state index contributed by atoms with van der Waals surface area (Å²) in [6, 6.07) is 11.6. The lowest BCUT2D eigenvalue weighted by atomic mass is 9.96. The van der Waals surface area contributed by atoms with Gasteiger partial charge in [-0.1, -0.05) is 24.6 Å². The van der Waals surface area contributed by atoms with E-state index < -0.39 is 0 Å². The molecule has 1 atom stereocenters. The molecule has 0 radical (unpaired) electrons. The number of amides is 1. The van der Waals surface area contributed by atoms with E-state index in [1.54, 1.807) is 18.2 Å². The molecule has 2 heterocycles. The summed E-state index contributed by atoms with van der Waals surface area (Å²) in [5.41, 5.74) is 3.59. The molecular weight excluding hydrogens is 440 g/mol. The van der Waals surface area contributed by atoms with Gasteiger partial charge in [-0.15, -0.1) is 0 Å². The van der Waals surface area contributed by atoms with Crippen LogP contribution in [0.25, 0.3) is 11.3 Å². The fourth-order valence-corrected chi connectivity index (χ4v) is 6.00. The molecule has 4 nitrogen and oxygen atoms in total. The molecule has 2 aliphatic rings. The Balaban J connectivity index is 1.40. The maximum Gasteiger partial charge on any atom is 0.237 e. The summed E-state index contributed by atoms with van der Waals surface area (Å²) < 4.78 is 29.4. The molecule has 0 N–H and O–H groups in total. The first kappa shape index (κ1) is 22.1. The van der Waals surface area contributed by atoms with Gasteiger partial charge in [-0.05, 0) is 86.2 Å². The van der Waals surface area contributed by atoms with Crippen LogP contribution >= 0.6 is 11.8 Å². The monoisotopic (exact) mass is 467 g/mol. The van der Waals surface area contributed by atoms with E-state index in [0.29, 0.717) is 6.04 Å². The number of benzene rings is 2. The Morgan fingerprint density at radius 2 is 1.79 bits per heavy atom. The van der Waals surface area contributed by atoms with Gasteiger partial charge in [0.05, 0.1) is 17.6 Å². The molecule has 0 spiro atoms. The van der Waals surface area contributed by atoms with Crippen LogP contribution in [0.2, 0.25) is 0 Å². The Labute approximate surface area is 197 Å². The molecule has 7 heteroatoms. The average Bonchev–Trinajstić information content (AvgIpc) is 3.48. The van der Waals surface area contributed by atoms with Crippen LogP contribution in [0.1, 0.15) is 50.6 Å². The number of anilines is 1. The van der Waals surface area contributed by atoms with Crippen LogP contribution in [-0.2, 0) is 11.2 Å². The number of carbonyl (C=O) groups is 1. The van der Waals surface area contributed by atoms with Crippen LogP contribution in [0.15, 0.2) is 53.8 Å². The third-order valence-corrected chi connectivity index (χ3v) is 7.71. The molecule has 1 aromatic heterocycles. The summed E-state index contributed by atoms with van der Waals surface area (Å²) in [6.45, 7) is 2.04. The number of aromatic nitrogens is 2. The molecule has 0 saturated heterocycles. The van der Waals surface area contributed by atoms with Crippen molar-refractivity contribution < 1.29 is 13.6 Å². The summed E-state index contributed by atoms with van der Waals surface area (Å²) in [6.07, 6.45) is 7.93. The molecule has 1 aliphatic heterocycles. The molecule has 1 aliphatic carbocycles. The second-order valence-electron chi connectivity index (χ2n) is 8.95. The third kappa shape index (κ3) is 4.43. The molecule has 1 fully saturated rings. The lowest BCUT2D eigenvalue weighted by Gasteiger charge is -2.35. The van der Waals surface area contributed by atoms with Crippen molar-refractivity contribution >= 4 is 23.4 Å². The lowest BCUT2D eigenvalue weighted by molar-refractivity contribution is -0.116. The van der Waals surface area contributed by atoms with Gasteiger partial charge < -0.3 is 9.47 Å². The number of halogens is 2.